The summed E-state index contributed by atoms with van der Waals surface area (Å²) in [5.41, 5.74) is 2.47. The summed E-state index contributed by atoms with van der Waals surface area (Å²) in [5, 5.41) is 6.62. The van der Waals surface area contributed by atoms with E-state index in [4.69, 9.17) is 4.98 Å². The second-order valence-corrected chi connectivity index (χ2v) is 7.92. The minimum Gasteiger partial charge on any atom is -0.214 e. The van der Waals surface area contributed by atoms with E-state index in [1.54, 1.807) is 18.1 Å². The number of nitrogens with zero attached hydrogens (tertiary/aromatic N) is 4. The van der Waals surface area contributed by atoms with Crippen LogP contribution < -0.4 is 0 Å². The van der Waals surface area contributed by atoms with Crippen molar-refractivity contribution in [2.24, 2.45) is 5.92 Å². The molecule has 110 valence electrons. The van der Waals surface area contributed by atoms with Gasteiger partial charge in [0.25, 0.3) is 0 Å². The third kappa shape index (κ3) is 2.16. The van der Waals surface area contributed by atoms with Crippen molar-refractivity contribution in [1.29, 1.82) is 0 Å². The van der Waals surface area contributed by atoms with E-state index in [1.165, 1.54) is 28.7 Å². The molecule has 1 unspecified atom stereocenters. The van der Waals surface area contributed by atoms with Crippen molar-refractivity contribution in [3.8, 4) is 0 Å². The first-order chi connectivity index (χ1) is 10.3. The Morgan fingerprint density at radius 3 is 3.24 bits per heavy atom. The maximum absolute atomic E-state index is 4.89. The Kier molecular flexibility index (Phi) is 3.38. The maximum Gasteiger partial charge on any atom is 0.192 e. The number of rotatable bonds is 3. The van der Waals surface area contributed by atoms with Crippen LogP contribution in [0.1, 0.15) is 37.1 Å². The molecule has 4 rings (SSSR count). The molecule has 0 spiro atoms. The fourth-order valence-corrected chi connectivity index (χ4v) is 5.09. The lowest BCUT2D eigenvalue weighted by atomic mass is 9.89. The highest BCUT2D eigenvalue weighted by Crippen LogP contribution is 2.39. The predicted molar refractivity (Wildman–Crippen MR) is 88.4 cm³/mol. The molecule has 3 aromatic rings. The van der Waals surface area contributed by atoms with Gasteiger partial charge in [0.1, 0.15) is 11.2 Å². The summed E-state index contributed by atoms with van der Waals surface area (Å²) in [4.78, 5) is 12.1. The van der Waals surface area contributed by atoms with Crippen molar-refractivity contribution in [2.45, 2.75) is 44.7 Å². The normalized spacial score (nSPS) is 18.5. The third-order valence-corrected chi connectivity index (χ3v) is 6.39. The van der Waals surface area contributed by atoms with Gasteiger partial charge in [0.2, 0.25) is 0 Å². The molecule has 1 aliphatic rings. The SMILES string of the molecule is CCCSc1nc2sc3c(c2c2ncnn12)CC(C)CC3. The molecule has 0 bridgehead atoms. The third-order valence-electron chi connectivity index (χ3n) is 4.07. The second-order valence-electron chi connectivity index (χ2n) is 5.77. The molecule has 0 radical (unpaired) electrons. The number of aromatic nitrogens is 4. The van der Waals surface area contributed by atoms with Gasteiger partial charge in [-0.15, -0.1) is 11.3 Å². The Morgan fingerprint density at radius 1 is 1.48 bits per heavy atom. The molecular formula is C15H18N4S2. The Balaban J connectivity index is 1.97. The van der Waals surface area contributed by atoms with Crippen molar-refractivity contribution < 1.29 is 0 Å². The van der Waals surface area contributed by atoms with Crippen molar-refractivity contribution in [3.05, 3.63) is 16.8 Å². The van der Waals surface area contributed by atoms with Crippen LogP contribution in [0.5, 0.6) is 0 Å². The first-order valence-electron chi connectivity index (χ1n) is 7.54. The van der Waals surface area contributed by atoms with Gasteiger partial charge in [-0.25, -0.2) is 9.97 Å². The molecule has 0 saturated carbocycles. The van der Waals surface area contributed by atoms with Crippen LogP contribution >= 0.6 is 23.1 Å². The summed E-state index contributed by atoms with van der Waals surface area (Å²) in [6.45, 7) is 4.53. The quantitative estimate of drug-likeness (QED) is 0.541. The number of aryl methyl sites for hydroxylation is 1. The van der Waals surface area contributed by atoms with Crippen LogP contribution in [0.2, 0.25) is 0 Å². The van der Waals surface area contributed by atoms with Gasteiger partial charge >= 0.3 is 0 Å². The lowest BCUT2D eigenvalue weighted by Gasteiger charge is -2.17. The van der Waals surface area contributed by atoms with Crippen molar-refractivity contribution in [3.63, 3.8) is 0 Å². The highest BCUT2D eigenvalue weighted by molar-refractivity contribution is 7.99. The molecule has 0 saturated heterocycles. The molecule has 4 nitrogen and oxygen atoms in total. The molecule has 0 fully saturated rings. The van der Waals surface area contributed by atoms with E-state index in [1.807, 2.05) is 15.9 Å². The zero-order valence-corrected chi connectivity index (χ0v) is 13.9. The molecule has 0 aliphatic heterocycles. The summed E-state index contributed by atoms with van der Waals surface area (Å²) < 4.78 is 1.93. The lowest BCUT2D eigenvalue weighted by molar-refractivity contribution is 0.508. The van der Waals surface area contributed by atoms with E-state index in [2.05, 4.69) is 23.9 Å². The van der Waals surface area contributed by atoms with E-state index in [9.17, 15) is 0 Å². The van der Waals surface area contributed by atoms with Gasteiger partial charge in [0.15, 0.2) is 10.8 Å². The monoisotopic (exact) mass is 318 g/mol. The average molecular weight is 318 g/mol. The molecule has 0 aromatic carbocycles. The van der Waals surface area contributed by atoms with Crippen LogP contribution in [0.3, 0.4) is 0 Å². The second kappa shape index (κ2) is 5.25. The Hall–Kier alpha value is -1.14. The highest BCUT2D eigenvalue weighted by atomic mass is 32.2. The fourth-order valence-electron chi connectivity index (χ4n) is 3.03. The highest BCUT2D eigenvalue weighted by Gasteiger charge is 2.24. The van der Waals surface area contributed by atoms with E-state index >= 15 is 0 Å². The number of thioether (sulfide) groups is 1. The maximum atomic E-state index is 4.89. The van der Waals surface area contributed by atoms with E-state index in [0.717, 1.165) is 40.1 Å². The molecule has 3 aromatic heterocycles. The van der Waals surface area contributed by atoms with Crippen molar-refractivity contribution in [1.82, 2.24) is 19.6 Å². The minimum atomic E-state index is 0.757. The molecule has 1 aliphatic carbocycles. The molecule has 21 heavy (non-hydrogen) atoms. The van der Waals surface area contributed by atoms with Gasteiger partial charge in [0.05, 0.1) is 5.39 Å². The number of hydrogen-bond donors (Lipinski definition) is 0. The Morgan fingerprint density at radius 2 is 2.38 bits per heavy atom. The van der Waals surface area contributed by atoms with Gasteiger partial charge < -0.3 is 0 Å². The zero-order valence-electron chi connectivity index (χ0n) is 12.3. The molecule has 0 amide bonds. The van der Waals surface area contributed by atoms with Gasteiger partial charge in [-0.05, 0) is 37.2 Å². The number of thiophene rings is 1. The first kappa shape index (κ1) is 13.5. The van der Waals surface area contributed by atoms with Crippen LogP contribution in [-0.4, -0.2) is 25.3 Å². The molecule has 6 heteroatoms. The van der Waals surface area contributed by atoms with Crippen molar-refractivity contribution >= 4 is 39.0 Å². The van der Waals surface area contributed by atoms with Crippen LogP contribution in [0, 0.1) is 5.92 Å². The summed E-state index contributed by atoms with van der Waals surface area (Å²) in [6.07, 6.45) is 6.43. The summed E-state index contributed by atoms with van der Waals surface area (Å²) in [7, 11) is 0. The van der Waals surface area contributed by atoms with Gasteiger partial charge in [-0.1, -0.05) is 25.6 Å². The number of hydrogen-bond acceptors (Lipinski definition) is 5. The average Bonchev–Trinajstić information content (AvgIpc) is 3.07. The van der Waals surface area contributed by atoms with Crippen molar-refractivity contribution in [2.75, 3.05) is 5.75 Å². The molecule has 3 heterocycles. The van der Waals surface area contributed by atoms with Crippen LogP contribution in [0.25, 0.3) is 15.9 Å². The fraction of sp³-hybridized carbons (Fsp3) is 0.533. The van der Waals surface area contributed by atoms with Crippen LogP contribution in [0.4, 0.5) is 0 Å². The topological polar surface area (TPSA) is 43.1 Å². The van der Waals surface area contributed by atoms with Crippen LogP contribution in [0.15, 0.2) is 11.5 Å². The molecule has 1 atom stereocenters. The van der Waals surface area contributed by atoms with Gasteiger partial charge in [0, 0.05) is 10.6 Å². The molecule has 0 N–H and O–H groups in total. The molecular weight excluding hydrogens is 300 g/mol. The summed E-state index contributed by atoms with van der Waals surface area (Å²) in [6, 6.07) is 0. The smallest absolute Gasteiger partial charge is 0.192 e. The largest absolute Gasteiger partial charge is 0.214 e. The zero-order chi connectivity index (χ0) is 14.4. The number of fused-ring (bicyclic) bond motifs is 5. The Labute approximate surface area is 132 Å². The predicted octanol–water partition coefficient (Wildman–Crippen LogP) is 3.97. The van der Waals surface area contributed by atoms with Gasteiger partial charge in [-0.2, -0.15) is 9.61 Å². The lowest BCUT2D eigenvalue weighted by Crippen LogP contribution is -2.09. The summed E-state index contributed by atoms with van der Waals surface area (Å²) in [5.74, 6) is 1.82. The van der Waals surface area contributed by atoms with Crippen LogP contribution in [-0.2, 0) is 12.8 Å². The van der Waals surface area contributed by atoms with E-state index < -0.39 is 0 Å². The summed E-state index contributed by atoms with van der Waals surface area (Å²) >= 11 is 3.63. The minimum absolute atomic E-state index is 0.757. The first-order valence-corrected chi connectivity index (χ1v) is 9.35. The van der Waals surface area contributed by atoms with E-state index in [0.29, 0.717) is 0 Å². The van der Waals surface area contributed by atoms with Gasteiger partial charge in [-0.3, -0.25) is 0 Å². The van der Waals surface area contributed by atoms with E-state index in [-0.39, 0.29) is 0 Å². The Bertz CT molecular complexity index is 805. The standard InChI is InChI=1S/C15H18N4S2/c1-3-6-20-15-18-14-12(13-16-8-17-19(13)15)10-7-9(2)4-5-11(10)21-14/h8-9H,3-7H2,1-2H3.